The number of halogens is 1. The fourth-order valence-electron chi connectivity index (χ4n) is 7.01. The molecule has 254 valence electrons. The lowest BCUT2D eigenvalue weighted by molar-refractivity contribution is -0.161. The van der Waals surface area contributed by atoms with Gasteiger partial charge in [0.2, 0.25) is 0 Å². The summed E-state index contributed by atoms with van der Waals surface area (Å²) in [4.78, 5) is 0. The van der Waals surface area contributed by atoms with Crippen molar-refractivity contribution in [1.82, 2.24) is 0 Å². The lowest BCUT2D eigenvalue weighted by Crippen LogP contribution is -2.49. The van der Waals surface area contributed by atoms with Crippen LogP contribution >= 0.6 is 0 Å². The number of rotatable bonds is 14. The average molecular weight is 658 g/mol. The average Bonchev–Trinajstić information content (AvgIpc) is 3.02. The fourth-order valence-corrected chi connectivity index (χ4v) is 14.1. The maximum absolute atomic E-state index is 15.5. The van der Waals surface area contributed by atoms with Crippen molar-refractivity contribution < 1.29 is 23.1 Å². The van der Waals surface area contributed by atoms with Crippen LogP contribution in [0.2, 0.25) is 22.2 Å². The number of benzene rings is 2. The van der Waals surface area contributed by atoms with Crippen molar-refractivity contribution in [3.8, 4) is 0 Å². The highest BCUT2D eigenvalue weighted by Gasteiger charge is 2.43. The van der Waals surface area contributed by atoms with Crippen LogP contribution in [0.25, 0.3) is 0 Å². The molecule has 4 rings (SSSR count). The van der Waals surface area contributed by atoms with Crippen LogP contribution < -0.4 is 10.4 Å². The largest absolute Gasteiger partial charge is 0.353 e. The molecule has 0 N–H and O–H groups in total. The molecule has 2 saturated heterocycles. The van der Waals surface area contributed by atoms with E-state index in [2.05, 4.69) is 64.1 Å². The molecule has 4 nitrogen and oxygen atoms in total. The molecule has 2 fully saturated rings. The van der Waals surface area contributed by atoms with Gasteiger partial charge in [0.05, 0.1) is 22.0 Å². The van der Waals surface area contributed by atoms with Crippen molar-refractivity contribution in [1.29, 1.82) is 0 Å². The summed E-state index contributed by atoms with van der Waals surface area (Å²) in [7, 11) is -3.77. The Morgan fingerprint density at radius 2 is 1.09 bits per heavy atom. The van der Waals surface area contributed by atoms with Gasteiger partial charge in [0.1, 0.15) is 0 Å². The van der Waals surface area contributed by atoms with Gasteiger partial charge in [-0.05, 0) is 89.8 Å². The normalized spacial score (nSPS) is 19.4. The zero-order valence-corrected chi connectivity index (χ0v) is 31.8. The molecular weight excluding hydrogens is 595 g/mol. The molecule has 2 aliphatic heterocycles. The van der Waals surface area contributed by atoms with Crippen LogP contribution in [0.1, 0.15) is 105 Å². The molecule has 0 bridgehead atoms. The van der Waals surface area contributed by atoms with Gasteiger partial charge in [-0.15, -0.1) is 0 Å². The second kappa shape index (κ2) is 19.5. The molecule has 2 aliphatic rings. The van der Waals surface area contributed by atoms with Crippen molar-refractivity contribution in [3.05, 3.63) is 59.7 Å². The van der Waals surface area contributed by atoms with E-state index in [1.807, 2.05) is 39.8 Å². The van der Waals surface area contributed by atoms with Gasteiger partial charge >= 0.3 is 0 Å². The highest BCUT2D eigenvalue weighted by molar-refractivity contribution is 6.88. The molecule has 0 saturated carbocycles. The van der Waals surface area contributed by atoms with Crippen LogP contribution in [0.15, 0.2) is 48.5 Å². The van der Waals surface area contributed by atoms with Gasteiger partial charge in [0, 0.05) is 13.2 Å². The predicted molar refractivity (Wildman–Crippen MR) is 193 cm³/mol. The Balaban J connectivity index is 0.000000246. The molecule has 0 radical (unpaired) electrons. The third kappa shape index (κ3) is 12.0. The van der Waals surface area contributed by atoms with Crippen molar-refractivity contribution in [3.63, 3.8) is 0 Å². The molecule has 2 atom stereocenters. The zero-order valence-electron chi connectivity index (χ0n) is 29.7. The first-order chi connectivity index (χ1) is 21.5. The fraction of sp³-hybridized carbons (Fsp3) is 0.684. The van der Waals surface area contributed by atoms with Crippen molar-refractivity contribution in [2.45, 2.75) is 142 Å². The van der Waals surface area contributed by atoms with Crippen LogP contribution in [0, 0.1) is 0 Å². The summed E-state index contributed by atoms with van der Waals surface area (Å²) in [6.07, 6.45) is 8.62. The monoisotopic (exact) mass is 657 g/mol. The van der Waals surface area contributed by atoms with E-state index in [4.69, 9.17) is 18.9 Å². The van der Waals surface area contributed by atoms with E-state index in [1.165, 1.54) is 30.4 Å². The molecule has 2 aromatic carbocycles. The van der Waals surface area contributed by atoms with Crippen LogP contribution in [0.4, 0.5) is 4.11 Å². The summed E-state index contributed by atoms with van der Waals surface area (Å²) in [5.74, 6) is 0. The van der Waals surface area contributed by atoms with E-state index in [0.29, 0.717) is 6.61 Å². The van der Waals surface area contributed by atoms with Crippen molar-refractivity contribution in [2.24, 2.45) is 0 Å². The summed E-state index contributed by atoms with van der Waals surface area (Å²) < 4.78 is 38.3. The maximum atomic E-state index is 15.5. The second-order valence-corrected chi connectivity index (χ2v) is 23.2. The highest BCUT2D eigenvalue weighted by Crippen LogP contribution is 2.33. The first-order valence-electron chi connectivity index (χ1n) is 17.9. The van der Waals surface area contributed by atoms with Gasteiger partial charge in [-0.25, -0.2) is 0 Å². The SMILES string of the molecule is CC(C)[SiH](c1ccc(CCOC2CCCCO2)cc1)C(C)C.CC(C)[Si]([18F])(c1ccc(CCOC2CCCCO2)cc1)C(C)C. The van der Waals surface area contributed by atoms with E-state index in [1.54, 1.807) is 5.19 Å². The minimum Gasteiger partial charge on any atom is -0.353 e. The molecule has 2 heterocycles. The predicted octanol–water partition coefficient (Wildman–Crippen LogP) is 8.74. The molecule has 2 aromatic rings. The molecule has 2 unspecified atom stereocenters. The van der Waals surface area contributed by atoms with Crippen LogP contribution in [-0.4, -0.2) is 56.2 Å². The van der Waals surface area contributed by atoms with Crippen LogP contribution in [0.3, 0.4) is 0 Å². The van der Waals surface area contributed by atoms with Gasteiger partial charge in [0.25, 0.3) is 8.41 Å². The lowest BCUT2D eigenvalue weighted by atomic mass is 10.1. The van der Waals surface area contributed by atoms with Gasteiger partial charge in [0.15, 0.2) is 12.6 Å². The topological polar surface area (TPSA) is 36.9 Å². The number of ether oxygens (including phenoxy) is 4. The molecular formula is C38H63FO4Si2. The molecule has 45 heavy (non-hydrogen) atoms. The van der Waals surface area contributed by atoms with Crippen molar-refractivity contribution >= 4 is 27.6 Å². The smallest absolute Gasteiger partial charge is 0.282 e. The van der Waals surface area contributed by atoms with Crippen LogP contribution in [-0.2, 0) is 31.8 Å². The Kier molecular flexibility index (Phi) is 16.5. The summed E-state index contributed by atoms with van der Waals surface area (Å²) in [5.41, 5.74) is 4.41. The van der Waals surface area contributed by atoms with E-state index in [9.17, 15) is 0 Å². The Bertz CT molecular complexity index is 1050. The Morgan fingerprint density at radius 3 is 1.44 bits per heavy atom. The molecule has 0 amide bonds. The third-order valence-corrected chi connectivity index (χ3v) is 18.1. The maximum Gasteiger partial charge on any atom is 0.282 e. The Labute approximate surface area is 277 Å². The quantitative estimate of drug-likeness (QED) is 0.150. The van der Waals surface area contributed by atoms with Gasteiger partial charge in [-0.3, -0.25) is 0 Å². The molecule has 0 aromatic heterocycles. The minimum atomic E-state index is -2.91. The number of hydrogen-bond acceptors (Lipinski definition) is 4. The lowest BCUT2D eigenvalue weighted by Gasteiger charge is -2.30. The first kappa shape index (κ1) is 38.1. The second-order valence-electron chi connectivity index (χ2n) is 14.4. The van der Waals surface area contributed by atoms with Crippen LogP contribution in [0.5, 0.6) is 0 Å². The van der Waals surface area contributed by atoms with E-state index in [-0.39, 0.29) is 23.7 Å². The molecule has 7 heteroatoms. The van der Waals surface area contributed by atoms with Gasteiger partial charge in [-0.1, -0.05) is 109 Å². The number of hydrogen-bond donors (Lipinski definition) is 0. The summed E-state index contributed by atoms with van der Waals surface area (Å²) in [5, 5.41) is 2.52. The van der Waals surface area contributed by atoms with E-state index in [0.717, 1.165) is 68.2 Å². The van der Waals surface area contributed by atoms with Gasteiger partial charge in [-0.2, -0.15) is 0 Å². The summed E-state index contributed by atoms with van der Waals surface area (Å²) in [6, 6.07) is 17.4. The zero-order chi connectivity index (χ0) is 32.8. The van der Waals surface area contributed by atoms with E-state index < -0.39 is 17.2 Å². The minimum absolute atomic E-state index is 0.0317. The molecule has 0 spiro atoms. The summed E-state index contributed by atoms with van der Waals surface area (Å²) in [6.45, 7) is 20.7. The molecule has 0 aliphatic carbocycles. The summed E-state index contributed by atoms with van der Waals surface area (Å²) >= 11 is 0. The first-order valence-corrected chi connectivity index (χ1v) is 21.8. The Morgan fingerprint density at radius 1 is 0.667 bits per heavy atom. The standard InChI is InChI=1S/C19H31FO2Si.C19H32O2Si/c1-15(2)23(20,16(3)4)18-10-8-17(9-11-18)12-14-22-19-7-5-6-13-21-19;1-15(2)22(16(3)4)18-10-8-17(9-11-18)12-14-21-19-7-5-6-13-20-19/h8-11,15-16,19H,5-7,12-14H2,1-4H3;8-11,15-16,19,22H,5-7,12-14H2,1-4H3/i20-1;. The van der Waals surface area contributed by atoms with Crippen molar-refractivity contribution in [2.75, 3.05) is 26.4 Å². The Hall–Kier alpha value is -1.36. The third-order valence-electron chi connectivity index (χ3n) is 9.54. The van der Waals surface area contributed by atoms with Gasteiger partial charge < -0.3 is 23.1 Å². The highest BCUT2D eigenvalue weighted by atomic mass is 28.4. The van der Waals surface area contributed by atoms with E-state index >= 15 is 4.11 Å².